The third-order valence-electron chi connectivity index (χ3n) is 8.25. The molecule has 1 amide bonds. The van der Waals surface area contributed by atoms with E-state index in [0.29, 0.717) is 12.8 Å². The van der Waals surface area contributed by atoms with E-state index in [2.05, 4.69) is 47.7 Å². The van der Waals surface area contributed by atoms with Gasteiger partial charge in [0.1, 0.15) is 30.5 Å². The van der Waals surface area contributed by atoms with Crippen LogP contribution in [0.5, 0.6) is 0 Å². The Morgan fingerprint density at radius 3 is 2.02 bits per heavy atom. The fraction of sp³-hybridized carbons (Fsp3) is 0.800. The minimum absolute atomic E-state index is 0.205. The molecule has 0 radical (unpaired) electrons. The van der Waals surface area contributed by atoms with Gasteiger partial charge in [-0.25, -0.2) is 4.18 Å². The van der Waals surface area contributed by atoms with Crippen LogP contribution in [-0.2, 0) is 28.9 Å². The van der Waals surface area contributed by atoms with Crippen LogP contribution < -0.4 is 5.32 Å². The Labute approximate surface area is 293 Å². The second-order valence-corrected chi connectivity index (χ2v) is 13.6. The number of nitrogens with one attached hydrogen (secondary N) is 1. The number of amides is 1. The molecule has 286 valence electrons. The summed E-state index contributed by atoms with van der Waals surface area (Å²) in [6.07, 6.45) is 15.7. The van der Waals surface area contributed by atoms with Crippen molar-refractivity contribution >= 4 is 16.3 Å². The average Bonchev–Trinajstić information content (AvgIpc) is 3.06. The van der Waals surface area contributed by atoms with Gasteiger partial charge in [-0.05, 0) is 51.4 Å². The summed E-state index contributed by atoms with van der Waals surface area (Å²) in [6.45, 7) is 3.03. The number of hydrogen-bond donors (Lipinski definition) is 7. The molecule has 13 nitrogen and oxygen atoms in total. The van der Waals surface area contributed by atoms with E-state index < -0.39 is 78.5 Å². The first-order valence-electron chi connectivity index (χ1n) is 18.0. The molecule has 49 heavy (non-hydrogen) atoms. The largest absolute Gasteiger partial charge is 0.397 e. The Morgan fingerprint density at radius 1 is 0.816 bits per heavy atom. The zero-order valence-corrected chi connectivity index (χ0v) is 30.2. The van der Waals surface area contributed by atoms with Crippen LogP contribution in [0.1, 0.15) is 117 Å². The molecule has 0 saturated carbocycles. The molecule has 0 bridgehead atoms. The number of carbonyl (C=O) groups excluding carboxylic acids is 1. The van der Waals surface area contributed by atoms with Crippen molar-refractivity contribution < 1.29 is 57.0 Å². The molecular formula is C35H63NO12S. The van der Waals surface area contributed by atoms with Crippen molar-refractivity contribution in [3.05, 3.63) is 36.5 Å². The molecule has 1 aliphatic rings. The normalized spacial score (nSPS) is 23.8. The summed E-state index contributed by atoms with van der Waals surface area (Å²) in [5.74, 6) is -0.736. The van der Waals surface area contributed by atoms with Crippen LogP contribution in [0.2, 0.25) is 0 Å². The summed E-state index contributed by atoms with van der Waals surface area (Å²) >= 11 is 0. The first-order chi connectivity index (χ1) is 23.4. The van der Waals surface area contributed by atoms with Crippen LogP contribution in [-0.4, -0.2) is 107 Å². The predicted molar refractivity (Wildman–Crippen MR) is 187 cm³/mol. The van der Waals surface area contributed by atoms with Crippen molar-refractivity contribution in [2.45, 2.75) is 166 Å². The molecule has 1 fully saturated rings. The molecule has 0 aromatic carbocycles. The summed E-state index contributed by atoms with van der Waals surface area (Å²) in [5.41, 5.74) is 0. The van der Waals surface area contributed by atoms with E-state index in [1.54, 1.807) is 6.08 Å². The third kappa shape index (κ3) is 20.7. The van der Waals surface area contributed by atoms with Gasteiger partial charge < -0.3 is 40.3 Å². The van der Waals surface area contributed by atoms with Gasteiger partial charge in [0.05, 0.1) is 25.4 Å². The Morgan fingerprint density at radius 2 is 1.39 bits per heavy atom. The highest BCUT2D eigenvalue weighted by molar-refractivity contribution is 7.80. The first-order valence-corrected chi connectivity index (χ1v) is 19.3. The Balaban J connectivity index is 2.76. The van der Waals surface area contributed by atoms with Crippen LogP contribution in [0, 0.1) is 0 Å². The molecule has 0 spiro atoms. The molecule has 1 aliphatic heterocycles. The van der Waals surface area contributed by atoms with Gasteiger partial charge in [-0.3, -0.25) is 9.35 Å². The van der Waals surface area contributed by atoms with Gasteiger partial charge in [-0.15, -0.1) is 0 Å². The quantitative estimate of drug-likeness (QED) is 0.0350. The lowest BCUT2D eigenvalue weighted by Gasteiger charge is -2.41. The van der Waals surface area contributed by atoms with E-state index in [1.807, 2.05) is 0 Å². The van der Waals surface area contributed by atoms with E-state index >= 15 is 0 Å². The number of rotatable bonds is 28. The highest BCUT2D eigenvalue weighted by atomic mass is 32.3. The molecule has 0 aromatic rings. The van der Waals surface area contributed by atoms with E-state index in [-0.39, 0.29) is 6.42 Å². The smallest absolute Gasteiger partial charge is 0.394 e. The van der Waals surface area contributed by atoms with E-state index in [4.69, 9.17) is 14.0 Å². The number of unbranched alkanes of at least 4 members (excludes halogenated alkanes) is 11. The van der Waals surface area contributed by atoms with Gasteiger partial charge in [0.2, 0.25) is 5.91 Å². The Hall–Kier alpha value is -1.72. The standard InChI is InChI=1S/C35H63NO12S/c1-3-5-7-9-11-13-14-15-16-18-20-22-24-29(39)34(42)36-27(28(38)23-21-19-17-12-10-8-6-4-2)26-46-35-32(41)33(48-49(43,44)45)31(40)30(25-37)47-35/h10,12,15-16,21,23,27-33,35,37-41H,3-9,11,13-14,17-20,22,24-26H2,1-2H3,(H,36,42)(H,43,44,45)/b12-10+,16-15-,23-21+. The monoisotopic (exact) mass is 721 g/mol. The summed E-state index contributed by atoms with van der Waals surface area (Å²) in [5, 5.41) is 54.5. The van der Waals surface area contributed by atoms with Crippen LogP contribution in [0.15, 0.2) is 36.5 Å². The maximum absolute atomic E-state index is 12.9. The fourth-order valence-electron chi connectivity index (χ4n) is 5.28. The maximum Gasteiger partial charge on any atom is 0.397 e. The van der Waals surface area contributed by atoms with Crippen LogP contribution in [0.4, 0.5) is 0 Å². The van der Waals surface area contributed by atoms with Crippen molar-refractivity contribution in [2.24, 2.45) is 0 Å². The zero-order valence-electron chi connectivity index (χ0n) is 29.4. The number of allylic oxidation sites excluding steroid dienone is 5. The SMILES string of the molecule is CCCC/C=C/CC/C=C/C(O)C(COC1OC(CO)C(O)C(OS(=O)(=O)O)C1O)NC(=O)C(O)CCCC/C=C\CCCCCCCC. The lowest BCUT2D eigenvalue weighted by atomic mass is 9.99. The average molecular weight is 722 g/mol. The fourth-order valence-corrected chi connectivity index (χ4v) is 5.79. The zero-order chi connectivity index (χ0) is 36.5. The van der Waals surface area contributed by atoms with Gasteiger partial charge in [0.15, 0.2) is 6.29 Å². The van der Waals surface area contributed by atoms with Crippen molar-refractivity contribution in [3.8, 4) is 0 Å². The van der Waals surface area contributed by atoms with Gasteiger partial charge in [0.25, 0.3) is 0 Å². The molecule has 0 aromatic heterocycles. The predicted octanol–water partition coefficient (Wildman–Crippen LogP) is 3.79. The molecule has 1 rings (SSSR count). The van der Waals surface area contributed by atoms with Gasteiger partial charge in [-0.1, -0.05) is 102 Å². The third-order valence-corrected chi connectivity index (χ3v) is 8.72. The molecule has 7 N–H and O–H groups in total. The van der Waals surface area contributed by atoms with Crippen LogP contribution >= 0.6 is 0 Å². The Bertz CT molecular complexity index is 1050. The lowest BCUT2D eigenvalue weighted by Crippen LogP contribution is -2.61. The molecule has 8 unspecified atom stereocenters. The van der Waals surface area contributed by atoms with Gasteiger partial charge in [-0.2, -0.15) is 8.42 Å². The number of hydrogen-bond acceptors (Lipinski definition) is 11. The molecule has 8 atom stereocenters. The molecule has 1 heterocycles. The summed E-state index contributed by atoms with van der Waals surface area (Å²) in [7, 11) is -5.11. The topological polar surface area (TPSA) is 212 Å². The van der Waals surface area contributed by atoms with Crippen molar-refractivity contribution in [3.63, 3.8) is 0 Å². The first kappa shape index (κ1) is 45.3. The van der Waals surface area contributed by atoms with E-state index in [0.717, 1.165) is 44.9 Å². The second-order valence-electron chi connectivity index (χ2n) is 12.6. The van der Waals surface area contributed by atoms with Gasteiger partial charge >= 0.3 is 10.4 Å². The number of aliphatic hydroxyl groups is 5. The summed E-state index contributed by atoms with van der Waals surface area (Å²) in [4.78, 5) is 12.9. The number of aliphatic hydroxyl groups excluding tert-OH is 5. The Kier molecular flexibility index (Phi) is 25.0. The summed E-state index contributed by atoms with van der Waals surface area (Å²) < 4.78 is 47.0. The number of carbonyl (C=O) groups is 1. The highest BCUT2D eigenvalue weighted by Gasteiger charge is 2.48. The van der Waals surface area contributed by atoms with Crippen LogP contribution in [0.3, 0.4) is 0 Å². The summed E-state index contributed by atoms with van der Waals surface area (Å²) in [6, 6.07) is -1.14. The van der Waals surface area contributed by atoms with Crippen molar-refractivity contribution in [1.82, 2.24) is 5.32 Å². The molecular weight excluding hydrogens is 658 g/mol. The molecule has 14 heteroatoms. The highest BCUT2D eigenvalue weighted by Crippen LogP contribution is 2.26. The van der Waals surface area contributed by atoms with Crippen LogP contribution in [0.25, 0.3) is 0 Å². The second kappa shape index (κ2) is 27.0. The van der Waals surface area contributed by atoms with Crippen molar-refractivity contribution in [1.29, 1.82) is 0 Å². The minimum Gasteiger partial charge on any atom is -0.394 e. The van der Waals surface area contributed by atoms with Crippen molar-refractivity contribution in [2.75, 3.05) is 13.2 Å². The van der Waals surface area contributed by atoms with E-state index in [9.17, 15) is 38.7 Å². The molecule has 0 aliphatic carbocycles. The lowest BCUT2D eigenvalue weighted by molar-refractivity contribution is -0.298. The van der Waals surface area contributed by atoms with E-state index in [1.165, 1.54) is 44.6 Å². The maximum atomic E-state index is 12.9. The van der Waals surface area contributed by atoms with Gasteiger partial charge in [0, 0.05) is 0 Å². The number of ether oxygens (including phenoxy) is 2. The molecule has 1 saturated heterocycles. The minimum atomic E-state index is -5.11.